The van der Waals surface area contributed by atoms with E-state index in [1.807, 2.05) is 12.2 Å². The Labute approximate surface area is 161 Å². The highest BCUT2D eigenvalue weighted by molar-refractivity contribution is 6.00. The molecule has 0 spiro atoms. The summed E-state index contributed by atoms with van der Waals surface area (Å²) in [6, 6.07) is -2.97. The number of allylic oxidation sites excluding steroid dienone is 3. The molecule has 0 aromatic heterocycles. The van der Waals surface area contributed by atoms with Crippen molar-refractivity contribution < 1.29 is 27.6 Å². The molecule has 0 bridgehead atoms. The Balaban J connectivity index is 2.09. The number of amides is 3. The Kier molecular flexibility index (Phi) is 6.87. The number of nitrogens with two attached hydrogens (primary N) is 1. The number of nitrogens with zero attached hydrogens (tertiary/aromatic N) is 1. The second-order valence-corrected chi connectivity index (χ2v) is 7.17. The fourth-order valence-electron chi connectivity index (χ4n) is 3.24. The summed E-state index contributed by atoms with van der Waals surface area (Å²) in [4.78, 5) is 38.4. The van der Waals surface area contributed by atoms with Crippen LogP contribution in [0.3, 0.4) is 0 Å². The van der Waals surface area contributed by atoms with Crippen molar-refractivity contribution in [3.8, 4) is 0 Å². The molecule has 2 unspecified atom stereocenters. The molecule has 1 aliphatic carbocycles. The number of rotatable bonds is 5. The zero-order chi connectivity index (χ0) is 21.1. The second kappa shape index (κ2) is 8.76. The number of carbonyl (C=O) groups excluding carboxylic acids is 3. The van der Waals surface area contributed by atoms with Gasteiger partial charge in [-0.2, -0.15) is 13.2 Å². The molecule has 1 aliphatic heterocycles. The Morgan fingerprint density at radius 1 is 1.32 bits per heavy atom. The molecule has 2 aliphatic rings. The minimum absolute atomic E-state index is 0.138. The fourth-order valence-corrected chi connectivity index (χ4v) is 3.24. The van der Waals surface area contributed by atoms with Gasteiger partial charge < -0.3 is 21.3 Å². The highest BCUT2D eigenvalue weighted by Gasteiger charge is 2.35. The molecule has 0 radical (unpaired) electrons. The number of hydrogen-bond donors (Lipinski definition) is 3. The van der Waals surface area contributed by atoms with Crippen molar-refractivity contribution in [2.75, 3.05) is 13.6 Å². The van der Waals surface area contributed by atoms with Crippen LogP contribution in [0.15, 0.2) is 23.4 Å². The van der Waals surface area contributed by atoms with E-state index in [4.69, 9.17) is 5.73 Å². The van der Waals surface area contributed by atoms with E-state index >= 15 is 0 Å². The highest BCUT2D eigenvalue weighted by atomic mass is 19.4. The molecule has 1 heterocycles. The van der Waals surface area contributed by atoms with Crippen molar-refractivity contribution in [2.45, 2.75) is 50.9 Å². The summed E-state index contributed by atoms with van der Waals surface area (Å²) in [5, 5.41) is 4.71. The third-order valence-corrected chi connectivity index (χ3v) is 4.87. The Hall–Kier alpha value is -2.36. The van der Waals surface area contributed by atoms with Gasteiger partial charge in [-0.3, -0.25) is 14.4 Å². The van der Waals surface area contributed by atoms with E-state index in [2.05, 4.69) is 10.6 Å². The standard InChI is InChI=1S/C18H25F3N4O3/c1-10(23-16(27)13(22)9-18(19,20)21)15(26)24-14-12-6-4-3-5-11(12)7-8-25(2)17(14)28/h4,6,10-11,13H,3,5,7-9,22H2,1-2H3,(H,23,27)(H,24,26)/t10-,11?,13?/m0/s1. The van der Waals surface area contributed by atoms with Crippen LogP contribution in [-0.2, 0) is 14.4 Å². The van der Waals surface area contributed by atoms with Crippen LogP contribution in [-0.4, -0.2) is 54.5 Å². The van der Waals surface area contributed by atoms with Gasteiger partial charge in [0.15, 0.2) is 0 Å². The predicted molar refractivity (Wildman–Crippen MR) is 95.5 cm³/mol. The van der Waals surface area contributed by atoms with Crippen molar-refractivity contribution >= 4 is 17.7 Å². The molecule has 3 atom stereocenters. The minimum Gasteiger partial charge on any atom is -0.343 e. The maximum Gasteiger partial charge on any atom is 0.391 e. The first-order valence-electron chi connectivity index (χ1n) is 9.09. The maximum atomic E-state index is 12.6. The van der Waals surface area contributed by atoms with Crippen LogP contribution in [0.1, 0.15) is 32.6 Å². The zero-order valence-electron chi connectivity index (χ0n) is 15.8. The summed E-state index contributed by atoms with van der Waals surface area (Å²) < 4.78 is 37.1. The molecule has 0 saturated carbocycles. The number of hydrogen-bond acceptors (Lipinski definition) is 4. The molecular formula is C18H25F3N4O3. The first kappa shape index (κ1) is 21.9. The average molecular weight is 402 g/mol. The van der Waals surface area contributed by atoms with Crippen molar-refractivity contribution in [1.29, 1.82) is 0 Å². The largest absolute Gasteiger partial charge is 0.391 e. The monoisotopic (exact) mass is 402 g/mol. The van der Waals surface area contributed by atoms with Crippen LogP contribution in [0.4, 0.5) is 13.2 Å². The lowest BCUT2D eigenvalue weighted by Crippen LogP contribution is -2.51. The van der Waals surface area contributed by atoms with E-state index in [1.165, 1.54) is 11.8 Å². The van der Waals surface area contributed by atoms with Gasteiger partial charge in [-0.15, -0.1) is 0 Å². The van der Waals surface area contributed by atoms with Crippen LogP contribution < -0.4 is 16.4 Å². The summed E-state index contributed by atoms with van der Waals surface area (Å²) in [6.45, 7) is 1.87. The topological polar surface area (TPSA) is 105 Å². The van der Waals surface area contributed by atoms with Gasteiger partial charge in [0.2, 0.25) is 11.8 Å². The quantitative estimate of drug-likeness (QED) is 0.637. The number of nitrogens with one attached hydrogen (secondary N) is 2. The van der Waals surface area contributed by atoms with Gasteiger partial charge in [0.1, 0.15) is 11.7 Å². The highest BCUT2D eigenvalue weighted by Crippen LogP contribution is 2.31. The third kappa shape index (κ3) is 5.57. The zero-order valence-corrected chi connectivity index (χ0v) is 15.8. The van der Waals surface area contributed by atoms with Crippen molar-refractivity contribution in [1.82, 2.24) is 15.5 Å². The first-order chi connectivity index (χ1) is 13.0. The van der Waals surface area contributed by atoms with Crippen LogP contribution in [0.2, 0.25) is 0 Å². The average Bonchev–Trinajstić information content (AvgIpc) is 2.72. The number of carbonyl (C=O) groups is 3. The molecule has 0 aromatic rings. The predicted octanol–water partition coefficient (Wildman–Crippen LogP) is 0.969. The SMILES string of the molecule is C[C@H](NC(=O)C(N)CC(F)(F)F)C(=O)NC1=C2C=CCCC2CCN(C)C1=O. The summed E-state index contributed by atoms with van der Waals surface area (Å²) in [5.41, 5.74) is 6.12. The third-order valence-electron chi connectivity index (χ3n) is 4.87. The molecule has 10 heteroatoms. The number of likely N-dealkylation sites (N-methyl/N-ethyl adjacent to an activating group) is 1. The molecule has 0 fully saturated rings. The summed E-state index contributed by atoms with van der Waals surface area (Å²) in [5.74, 6) is -1.99. The van der Waals surface area contributed by atoms with Crippen molar-refractivity contribution in [3.05, 3.63) is 23.4 Å². The van der Waals surface area contributed by atoms with Crippen LogP contribution >= 0.6 is 0 Å². The van der Waals surface area contributed by atoms with Crippen molar-refractivity contribution in [2.24, 2.45) is 11.7 Å². The summed E-state index contributed by atoms with van der Waals surface area (Å²) >= 11 is 0. The maximum absolute atomic E-state index is 12.6. The molecule has 28 heavy (non-hydrogen) atoms. The molecule has 4 N–H and O–H groups in total. The molecule has 0 aromatic carbocycles. The Morgan fingerprint density at radius 3 is 2.64 bits per heavy atom. The lowest BCUT2D eigenvalue weighted by Gasteiger charge is -2.22. The first-order valence-corrected chi connectivity index (χ1v) is 9.09. The van der Waals surface area contributed by atoms with E-state index in [-0.39, 0.29) is 17.5 Å². The summed E-state index contributed by atoms with van der Waals surface area (Å²) in [6.07, 6.45) is 0.204. The number of halogens is 3. The lowest BCUT2D eigenvalue weighted by atomic mass is 9.86. The van der Waals surface area contributed by atoms with Gasteiger partial charge >= 0.3 is 6.18 Å². The van der Waals surface area contributed by atoms with Gasteiger partial charge in [0, 0.05) is 13.6 Å². The van der Waals surface area contributed by atoms with E-state index in [0.717, 1.165) is 24.8 Å². The number of fused-ring (bicyclic) bond motifs is 1. The van der Waals surface area contributed by atoms with E-state index < -0.39 is 36.5 Å². The van der Waals surface area contributed by atoms with Gasteiger partial charge in [0.05, 0.1) is 12.5 Å². The van der Waals surface area contributed by atoms with Gasteiger partial charge in [-0.05, 0) is 37.7 Å². The van der Waals surface area contributed by atoms with Gasteiger partial charge in [-0.1, -0.05) is 12.2 Å². The van der Waals surface area contributed by atoms with Crippen molar-refractivity contribution in [3.63, 3.8) is 0 Å². The van der Waals surface area contributed by atoms with Gasteiger partial charge in [0.25, 0.3) is 5.91 Å². The van der Waals surface area contributed by atoms with Crippen LogP contribution in [0, 0.1) is 5.92 Å². The minimum atomic E-state index is -4.59. The second-order valence-electron chi connectivity index (χ2n) is 7.17. The Bertz CT molecular complexity index is 703. The van der Waals surface area contributed by atoms with E-state index in [0.29, 0.717) is 6.54 Å². The number of alkyl halides is 3. The molecule has 0 saturated heterocycles. The van der Waals surface area contributed by atoms with E-state index in [1.54, 1.807) is 7.05 Å². The smallest absolute Gasteiger partial charge is 0.343 e. The van der Waals surface area contributed by atoms with E-state index in [9.17, 15) is 27.6 Å². The molecular weight excluding hydrogens is 377 g/mol. The lowest BCUT2D eigenvalue weighted by molar-refractivity contribution is -0.147. The fraction of sp³-hybridized carbons (Fsp3) is 0.611. The summed E-state index contributed by atoms with van der Waals surface area (Å²) in [7, 11) is 1.64. The van der Waals surface area contributed by atoms with Crippen LogP contribution in [0.5, 0.6) is 0 Å². The molecule has 7 nitrogen and oxygen atoms in total. The molecule has 2 rings (SSSR count). The van der Waals surface area contributed by atoms with Gasteiger partial charge in [-0.25, -0.2) is 0 Å². The van der Waals surface area contributed by atoms with Crippen LogP contribution in [0.25, 0.3) is 0 Å². The molecule has 156 valence electrons. The molecule has 3 amide bonds. The Morgan fingerprint density at radius 2 is 2.00 bits per heavy atom. The normalized spacial score (nSPS) is 22.3.